The fourth-order valence-corrected chi connectivity index (χ4v) is 3.36. The second kappa shape index (κ2) is 7.04. The van der Waals surface area contributed by atoms with Crippen LogP contribution in [0.1, 0.15) is 34.1 Å². The molecule has 0 fully saturated rings. The van der Waals surface area contributed by atoms with Gasteiger partial charge in [0, 0.05) is 29.6 Å². The molecule has 0 aliphatic carbocycles. The van der Waals surface area contributed by atoms with Crippen molar-refractivity contribution < 1.29 is 9.53 Å². The molecule has 0 spiro atoms. The maximum atomic E-state index is 11.6. The monoisotopic (exact) mass is 283 g/mol. The van der Waals surface area contributed by atoms with E-state index in [0.29, 0.717) is 0 Å². The summed E-state index contributed by atoms with van der Waals surface area (Å²) in [6.45, 7) is 10.4. The summed E-state index contributed by atoms with van der Waals surface area (Å²) in [5, 5.41) is 0. The summed E-state index contributed by atoms with van der Waals surface area (Å²) < 4.78 is 4.92. The maximum Gasteiger partial charge on any atom is 0.332 e. The molecule has 108 valence electrons. The van der Waals surface area contributed by atoms with Crippen LogP contribution in [0.3, 0.4) is 0 Å². The topological polar surface area (TPSA) is 29.5 Å². The van der Waals surface area contributed by atoms with E-state index >= 15 is 0 Å². The molecule has 0 saturated heterocycles. The second-order valence-electron chi connectivity index (χ2n) is 5.10. The molecule has 0 saturated carbocycles. The van der Waals surface area contributed by atoms with Gasteiger partial charge in [0.2, 0.25) is 0 Å². The number of carbonyl (C=O) groups excluding carboxylic acids is 1. The molecule has 0 aromatic carbocycles. The minimum Gasteiger partial charge on any atom is -0.466 e. The third kappa shape index (κ3) is 4.60. The first-order chi connectivity index (χ1) is 8.93. The first-order valence-corrected chi connectivity index (χ1v) is 7.82. The van der Waals surface area contributed by atoms with E-state index in [0.717, 1.165) is 31.0 Å². The number of likely N-dealkylation sites (N-methyl/N-ethyl adjacent to an activating group) is 1. The molecular weight excluding hydrogens is 258 g/mol. The highest BCUT2D eigenvalue weighted by Crippen LogP contribution is 2.36. The van der Waals surface area contributed by atoms with Crippen LogP contribution in [-0.2, 0) is 9.53 Å². The van der Waals surface area contributed by atoms with Gasteiger partial charge in [0.15, 0.2) is 0 Å². The fourth-order valence-electron chi connectivity index (χ4n) is 2.28. The number of methoxy groups -OCH3 is 1. The predicted octanol–water partition coefficient (Wildman–Crippen LogP) is 3.23. The zero-order valence-corrected chi connectivity index (χ0v) is 13.5. The van der Waals surface area contributed by atoms with Crippen LogP contribution in [0.5, 0.6) is 0 Å². The average Bonchev–Trinajstić information content (AvgIpc) is 2.37. The van der Waals surface area contributed by atoms with Gasteiger partial charge in [-0.2, -0.15) is 11.8 Å². The van der Waals surface area contributed by atoms with E-state index < -0.39 is 0 Å². The van der Waals surface area contributed by atoms with E-state index in [1.807, 2.05) is 11.8 Å². The quantitative estimate of drug-likeness (QED) is 0.572. The van der Waals surface area contributed by atoms with Crippen LogP contribution in [-0.4, -0.2) is 41.6 Å². The summed E-state index contributed by atoms with van der Waals surface area (Å²) in [6, 6.07) is 0. The summed E-state index contributed by atoms with van der Waals surface area (Å²) in [6.07, 6.45) is 4.92. The van der Waals surface area contributed by atoms with Crippen molar-refractivity contribution in [1.29, 1.82) is 0 Å². The molecule has 0 atom stereocenters. The van der Waals surface area contributed by atoms with Gasteiger partial charge >= 0.3 is 5.97 Å². The number of nitrogens with zero attached hydrogens (tertiary/aromatic N) is 1. The molecule has 0 radical (unpaired) electrons. The molecule has 0 aromatic rings. The molecule has 0 N–H and O–H groups in total. The molecule has 19 heavy (non-hydrogen) atoms. The molecule has 1 heterocycles. The minimum atomic E-state index is -0.279. The fraction of sp³-hybridized carbons (Fsp3) is 0.667. The summed E-state index contributed by atoms with van der Waals surface area (Å²) >= 11 is 1.95. The number of thioether (sulfide) groups is 1. The van der Waals surface area contributed by atoms with Gasteiger partial charge in [-0.15, -0.1) is 0 Å². The van der Waals surface area contributed by atoms with Crippen molar-refractivity contribution in [3.05, 3.63) is 23.4 Å². The lowest BCUT2D eigenvalue weighted by atomic mass is 10.0. The van der Waals surface area contributed by atoms with Crippen LogP contribution in [0, 0.1) is 0 Å². The Morgan fingerprint density at radius 1 is 1.47 bits per heavy atom. The summed E-state index contributed by atoms with van der Waals surface area (Å²) in [4.78, 5) is 13.8. The molecule has 4 heteroatoms. The van der Waals surface area contributed by atoms with Gasteiger partial charge in [-0.3, -0.25) is 0 Å². The molecule has 1 aliphatic rings. The molecular formula is C15H25NO2S. The van der Waals surface area contributed by atoms with Crippen molar-refractivity contribution in [2.24, 2.45) is 0 Å². The standard InChI is InChI=1S/C15H25NO2S/c1-6-16(7-2)13(10-14(17)18-5)12-8-9-19-15(3,4)11-12/h10-11H,6-9H2,1-5H3/b13-10-. The van der Waals surface area contributed by atoms with Gasteiger partial charge in [-0.05, 0) is 45.4 Å². The molecule has 0 bridgehead atoms. The lowest BCUT2D eigenvalue weighted by Crippen LogP contribution is -2.27. The normalized spacial score (nSPS) is 18.8. The number of ether oxygens (including phenoxy) is 1. The lowest BCUT2D eigenvalue weighted by molar-refractivity contribution is -0.134. The van der Waals surface area contributed by atoms with E-state index in [1.165, 1.54) is 12.7 Å². The number of carbonyl (C=O) groups is 1. The van der Waals surface area contributed by atoms with Gasteiger partial charge in [-0.25, -0.2) is 4.79 Å². The minimum absolute atomic E-state index is 0.135. The molecule has 0 aromatic heterocycles. The van der Waals surface area contributed by atoms with Gasteiger partial charge < -0.3 is 9.64 Å². The number of allylic oxidation sites excluding steroid dienone is 1. The van der Waals surface area contributed by atoms with Crippen molar-refractivity contribution in [1.82, 2.24) is 4.90 Å². The Labute approximate surface area is 121 Å². The Bertz CT molecular complexity index is 382. The van der Waals surface area contributed by atoms with Gasteiger partial charge in [0.25, 0.3) is 0 Å². The van der Waals surface area contributed by atoms with Crippen LogP contribution in [0.2, 0.25) is 0 Å². The van der Waals surface area contributed by atoms with E-state index in [1.54, 1.807) is 6.08 Å². The molecule has 3 nitrogen and oxygen atoms in total. The van der Waals surface area contributed by atoms with E-state index in [-0.39, 0.29) is 10.7 Å². The van der Waals surface area contributed by atoms with Crippen LogP contribution < -0.4 is 0 Å². The summed E-state index contributed by atoms with van der Waals surface area (Å²) in [7, 11) is 1.42. The van der Waals surface area contributed by atoms with Crippen molar-refractivity contribution in [3.8, 4) is 0 Å². The Morgan fingerprint density at radius 3 is 2.58 bits per heavy atom. The zero-order chi connectivity index (χ0) is 14.5. The van der Waals surface area contributed by atoms with Crippen LogP contribution in [0.4, 0.5) is 0 Å². The van der Waals surface area contributed by atoms with Crippen molar-refractivity contribution in [3.63, 3.8) is 0 Å². The number of hydrogen-bond donors (Lipinski definition) is 0. The summed E-state index contributed by atoms with van der Waals surface area (Å²) in [5.74, 6) is 0.817. The highest BCUT2D eigenvalue weighted by atomic mass is 32.2. The smallest absolute Gasteiger partial charge is 0.332 e. The first kappa shape index (κ1) is 16.2. The maximum absolute atomic E-state index is 11.6. The Hall–Kier alpha value is -0.900. The number of hydrogen-bond acceptors (Lipinski definition) is 4. The molecule has 1 aliphatic heterocycles. The summed E-state index contributed by atoms with van der Waals surface area (Å²) in [5.41, 5.74) is 2.28. The van der Waals surface area contributed by atoms with Crippen molar-refractivity contribution in [2.45, 2.75) is 38.9 Å². The van der Waals surface area contributed by atoms with Gasteiger partial charge in [-0.1, -0.05) is 6.08 Å². The third-order valence-electron chi connectivity index (χ3n) is 3.26. The van der Waals surface area contributed by atoms with Crippen molar-refractivity contribution >= 4 is 17.7 Å². The predicted molar refractivity (Wildman–Crippen MR) is 82.3 cm³/mol. The van der Waals surface area contributed by atoms with Crippen LogP contribution in [0.25, 0.3) is 0 Å². The lowest BCUT2D eigenvalue weighted by Gasteiger charge is -2.32. The van der Waals surface area contributed by atoms with E-state index in [9.17, 15) is 4.79 Å². The van der Waals surface area contributed by atoms with E-state index in [4.69, 9.17) is 4.74 Å². The highest BCUT2D eigenvalue weighted by Gasteiger charge is 2.24. The van der Waals surface area contributed by atoms with E-state index in [2.05, 4.69) is 38.7 Å². The first-order valence-electron chi connectivity index (χ1n) is 6.84. The Morgan fingerprint density at radius 2 is 2.11 bits per heavy atom. The van der Waals surface area contributed by atoms with Crippen LogP contribution >= 0.6 is 11.8 Å². The van der Waals surface area contributed by atoms with Gasteiger partial charge in [0.05, 0.1) is 7.11 Å². The molecule has 0 amide bonds. The largest absolute Gasteiger partial charge is 0.466 e. The SMILES string of the molecule is CCN(CC)/C(=C\C(=O)OC)C1=CC(C)(C)SCC1. The van der Waals surface area contributed by atoms with Crippen LogP contribution in [0.15, 0.2) is 23.4 Å². The highest BCUT2D eigenvalue weighted by molar-refractivity contribution is 8.00. The van der Waals surface area contributed by atoms with Gasteiger partial charge in [0.1, 0.15) is 0 Å². The molecule has 0 unspecified atom stereocenters. The number of esters is 1. The Balaban J connectivity index is 3.13. The third-order valence-corrected chi connectivity index (χ3v) is 4.53. The molecule has 1 rings (SSSR count). The Kier molecular flexibility index (Phi) is 5.98. The second-order valence-corrected chi connectivity index (χ2v) is 6.85. The zero-order valence-electron chi connectivity index (χ0n) is 12.7. The average molecular weight is 283 g/mol. The number of rotatable bonds is 5. The van der Waals surface area contributed by atoms with Crippen molar-refractivity contribution in [2.75, 3.05) is 26.0 Å².